The molecule has 32 heavy (non-hydrogen) atoms. The molecular weight excluding hydrogens is 402 g/mol. The molecule has 2 aliphatic rings. The highest BCUT2D eigenvalue weighted by Gasteiger charge is 2.43. The van der Waals surface area contributed by atoms with Gasteiger partial charge in [-0.3, -0.25) is 14.6 Å². The monoisotopic (exact) mass is 429 g/mol. The number of aromatic nitrogens is 1. The molecule has 2 amide bonds. The van der Waals surface area contributed by atoms with E-state index in [4.69, 9.17) is 4.74 Å². The molecule has 2 unspecified atom stereocenters. The maximum atomic E-state index is 13.2. The van der Waals surface area contributed by atoms with Gasteiger partial charge in [-0.1, -0.05) is 24.3 Å². The number of benzene rings is 2. The van der Waals surface area contributed by atoms with Gasteiger partial charge in [-0.25, -0.2) is 0 Å². The molecular formula is C26H27N3O3. The van der Waals surface area contributed by atoms with Gasteiger partial charge in [0.1, 0.15) is 11.4 Å². The zero-order valence-electron chi connectivity index (χ0n) is 18.2. The number of likely N-dealkylation sites (tertiary alicyclic amines) is 1. The zero-order chi connectivity index (χ0) is 22.1. The van der Waals surface area contributed by atoms with E-state index in [9.17, 15) is 9.59 Å². The van der Waals surface area contributed by atoms with E-state index in [0.29, 0.717) is 37.9 Å². The lowest BCUT2D eigenvalue weighted by molar-refractivity contribution is -0.130. The van der Waals surface area contributed by atoms with Crippen LogP contribution in [0.15, 0.2) is 60.8 Å². The number of rotatable bonds is 3. The summed E-state index contributed by atoms with van der Waals surface area (Å²) in [5.41, 5.74) is 2.00. The van der Waals surface area contributed by atoms with Crippen LogP contribution in [-0.2, 0) is 4.79 Å². The number of carbonyl (C=O) groups excluding carboxylic acids is 2. The van der Waals surface area contributed by atoms with Crippen LogP contribution in [0.25, 0.3) is 10.9 Å². The first kappa shape index (κ1) is 20.5. The molecule has 3 heterocycles. The fourth-order valence-electron chi connectivity index (χ4n) is 4.93. The summed E-state index contributed by atoms with van der Waals surface area (Å²) in [6.45, 7) is 3.40. The largest absolute Gasteiger partial charge is 0.487 e. The Morgan fingerprint density at radius 3 is 2.94 bits per heavy atom. The van der Waals surface area contributed by atoms with Crippen molar-refractivity contribution in [2.45, 2.75) is 44.2 Å². The molecule has 1 saturated heterocycles. The van der Waals surface area contributed by atoms with Gasteiger partial charge < -0.3 is 15.0 Å². The summed E-state index contributed by atoms with van der Waals surface area (Å²) in [6.07, 6.45) is 4.28. The normalized spacial score (nSPS) is 22.8. The number of para-hydroxylation sites is 1. The predicted molar refractivity (Wildman–Crippen MR) is 122 cm³/mol. The smallest absolute Gasteiger partial charge is 0.251 e. The van der Waals surface area contributed by atoms with E-state index in [0.717, 1.165) is 28.6 Å². The molecule has 6 nitrogen and oxygen atoms in total. The highest BCUT2D eigenvalue weighted by Crippen LogP contribution is 2.44. The first-order valence-corrected chi connectivity index (χ1v) is 11.3. The Morgan fingerprint density at radius 1 is 1.19 bits per heavy atom. The fourth-order valence-corrected chi connectivity index (χ4v) is 4.93. The maximum absolute atomic E-state index is 13.2. The van der Waals surface area contributed by atoms with E-state index >= 15 is 0 Å². The van der Waals surface area contributed by atoms with Gasteiger partial charge in [-0.2, -0.15) is 0 Å². The summed E-state index contributed by atoms with van der Waals surface area (Å²) in [5.74, 6) is 0.855. The molecule has 0 radical (unpaired) electrons. The Balaban J connectivity index is 1.43. The summed E-state index contributed by atoms with van der Waals surface area (Å²) in [6, 6.07) is 17.1. The van der Waals surface area contributed by atoms with Crippen LogP contribution in [0.4, 0.5) is 0 Å². The minimum Gasteiger partial charge on any atom is -0.487 e. The molecule has 5 rings (SSSR count). The van der Waals surface area contributed by atoms with Crippen molar-refractivity contribution < 1.29 is 14.3 Å². The lowest BCUT2D eigenvalue weighted by Gasteiger charge is -2.42. The van der Waals surface area contributed by atoms with E-state index in [2.05, 4.69) is 10.3 Å². The summed E-state index contributed by atoms with van der Waals surface area (Å²) < 4.78 is 6.52. The van der Waals surface area contributed by atoms with E-state index in [1.54, 1.807) is 6.20 Å². The molecule has 2 aliphatic heterocycles. The summed E-state index contributed by atoms with van der Waals surface area (Å²) >= 11 is 0. The van der Waals surface area contributed by atoms with Gasteiger partial charge in [0.05, 0.1) is 11.6 Å². The van der Waals surface area contributed by atoms with Crippen molar-refractivity contribution in [2.24, 2.45) is 0 Å². The number of carbonyl (C=O) groups is 2. The van der Waals surface area contributed by atoms with E-state index in [1.807, 2.05) is 66.4 Å². The third-order valence-corrected chi connectivity index (χ3v) is 6.73. The van der Waals surface area contributed by atoms with Gasteiger partial charge in [0.25, 0.3) is 5.91 Å². The molecule has 164 valence electrons. The van der Waals surface area contributed by atoms with Gasteiger partial charge in [0, 0.05) is 55.1 Å². The molecule has 2 atom stereocenters. The average molecular weight is 430 g/mol. The van der Waals surface area contributed by atoms with Crippen LogP contribution in [0.5, 0.6) is 5.75 Å². The van der Waals surface area contributed by atoms with Crippen LogP contribution in [-0.4, -0.2) is 40.4 Å². The lowest BCUT2D eigenvalue weighted by Crippen LogP contribution is -2.46. The van der Waals surface area contributed by atoms with Crippen molar-refractivity contribution in [1.82, 2.24) is 15.2 Å². The number of fused-ring (bicyclic) bond motifs is 2. The minimum atomic E-state index is -0.459. The predicted octanol–water partition coefficient (Wildman–Crippen LogP) is 4.26. The first-order valence-electron chi connectivity index (χ1n) is 11.3. The second-order valence-electron chi connectivity index (χ2n) is 8.69. The van der Waals surface area contributed by atoms with Crippen molar-refractivity contribution in [2.75, 3.05) is 13.1 Å². The van der Waals surface area contributed by atoms with Gasteiger partial charge in [-0.05, 0) is 43.7 Å². The number of pyridine rings is 1. The zero-order valence-corrected chi connectivity index (χ0v) is 18.2. The number of nitrogens with zero attached hydrogens (tertiary/aromatic N) is 2. The van der Waals surface area contributed by atoms with Crippen LogP contribution in [0.1, 0.15) is 54.6 Å². The van der Waals surface area contributed by atoms with E-state index < -0.39 is 5.60 Å². The van der Waals surface area contributed by atoms with Gasteiger partial charge in [0.2, 0.25) is 5.91 Å². The summed E-state index contributed by atoms with van der Waals surface area (Å²) in [5, 5.41) is 4.18. The molecule has 2 aromatic carbocycles. The lowest BCUT2D eigenvalue weighted by atomic mass is 9.82. The molecule has 1 aromatic heterocycles. The molecule has 0 aliphatic carbocycles. The third-order valence-electron chi connectivity index (χ3n) is 6.73. The second-order valence-corrected chi connectivity index (χ2v) is 8.69. The van der Waals surface area contributed by atoms with E-state index in [-0.39, 0.29) is 17.9 Å². The topological polar surface area (TPSA) is 71.5 Å². The van der Waals surface area contributed by atoms with Crippen LogP contribution in [0.3, 0.4) is 0 Å². The standard InChI is InChI=1S/C26H27N3O3/c1-2-29-15-13-26(12-11-24(29)30)17-22(20-7-3-4-8-23(20)32-26)28-25(31)19-9-10-21-18(16-19)6-5-14-27-21/h3-10,14,16,22H,2,11-13,15,17H2,1H3,(H,28,31). The van der Waals surface area contributed by atoms with Crippen molar-refractivity contribution in [3.8, 4) is 5.75 Å². The SMILES string of the molecule is CCN1CCC2(CCC1=O)CC(NC(=O)c1ccc3ncccc3c1)c1ccccc1O2. The van der Waals surface area contributed by atoms with Crippen molar-refractivity contribution in [3.05, 3.63) is 71.9 Å². The van der Waals surface area contributed by atoms with Crippen molar-refractivity contribution in [1.29, 1.82) is 0 Å². The van der Waals surface area contributed by atoms with Crippen molar-refractivity contribution >= 4 is 22.7 Å². The number of hydrogen-bond donors (Lipinski definition) is 1. The van der Waals surface area contributed by atoms with Gasteiger partial charge >= 0.3 is 0 Å². The van der Waals surface area contributed by atoms with Gasteiger partial charge in [0.15, 0.2) is 0 Å². The molecule has 6 heteroatoms. The Labute approximate surface area is 187 Å². The second kappa shape index (κ2) is 8.26. The third kappa shape index (κ3) is 3.81. The number of nitrogens with one attached hydrogen (secondary N) is 1. The Kier molecular flexibility index (Phi) is 5.29. The molecule has 0 bridgehead atoms. The quantitative estimate of drug-likeness (QED) is 0.675. The Bertz CT molecular complexity index is 1180. The highest BCUT2D eigenvalue weighted by atomic mass is 16.5. The molecule has 3 aromatic rings. The van der Waals surface area contributed by atoms with Crippen LogP contribution >= 0.6 is 0 Å². The van der Waals surface area contributed by atoms with Gasteiger partial charge in [-0.15, -0.1) is 0 Å². The molecule has 1 fully saturated rings. The van der Waals surface area contributed by atoms with E-state index in [1.165, 1.54) is 0 Å². The number of ether oxygens (including phenoxy) is 1. The van der Waals surface area contributed by atoms with Crippen molar-refractivity contribution in [3.63, 3.8) is 0 Å². The molecule has 1 spiro atoms. The summed E-state index contributed by atoms with van der Waals surface area (Å²) in [4.78, 5) is 31.9. The molecule has 0 saturated carbocycles. The van der Waals surface area contributed by atoms with Crippen LogP contribution in [0, 0.1) is 0 Å². The molecule has 1 N–H and O–H groups in total. The average Bonchev–Trinajstić information content (AvgIpc) is 2.97. The minimum absolute atomic E-state index is 0.118. The first-order chi connectivity index (χ1) is 15.6. The van der Waals surface area contributed by atoms with Crippen LogP contribution in [0.2, 0.25) is 0 Å². The van der Waals surface area contributed by atoms with Crippen LogP contribution < -0.4 is 10.1 Å². The maximum Gasteiger partial charge on any atom is 0.251 e. The number of amides is 2. The summed E-state index contributed by atoms with van der Waals surface area (Å²) in [7, 11) is 0. The fraction of sp³-hybridized carbons (Fsp3) is 0.346. The number of hydrogen-bond acceptors (Lipinski definition) is 4. The Hall–Kier alpha value is -3.41. The highest BCUT2D eigenvalue weighted by molar-refractivity contribution is 5.98. The Morgan fingerprint density at radius 2 is 2.06 bits per heavy atom.